The zero-order valence-corrected chi connectivity index (χ0v) is 20.3. The summed E-state index contributed by atoms with van der Waals surface area (Å²) < 4.78 is 6.91. The van der Waals surface area contributed by atoms with Crippen molar-refractivity contribution >= 4 is 11.9 Å². The van der Waals surface area contributed by atoms with Gasteiger partial charge in [-0.25, -0.2) is 4.79 Å². The third-order valence-electron chi connectivity index (χ3n) is 9.96. The molecule has 0 radical (unpaired) electrons. The van der Waals surface area contributed by atoms with Crippen LogP contribution >= 0.6 is 0 Å². The minimum absolute atomic E-state index is 0.00951. The first-order valence-corrected chi connectivity index (χ1v) is 12.3. The number of ether oxygens (including phenoxy) is 1. The van der Waals surface area contributed by atoms with Gasteiger partial charge in [0, 0.05) is 23.0 Å². The van der Waals surface area contributed by atoms with Gasteiger partial charge in [0.2, 0.25) is 0 Å². The SMILES string of the molecule is C[C@H]1CC[C@H]2C(C)(C)[C@@H](O)CC[C@@]2(C)[C@]12Cc1c(O)cc3c(c1O2)CN([C@@H](CO)C(=O)O)C3=O. The predicted octanol–water partition coefficient (Wildman–Crippen LogP) is 2.70. The summed E-state index contributed by atoms with van der Waals surface area (Å²) in [5.74, 6) is -0.897. The molecular formula is C26H35NO7. The van der Waals surface area contributed by atoms with Gasteiger partial charge in [-0.15, -0.1) is 0 Å². The highest BCUT2D eigenvalue weighted by Gasteiger charge is 2.67. The van der Waals surface area contributed by atoms with Crippen molar-refractivity contribution in [3.63, 3.8) is 0 Å². The molecule has 8 heteroatoms. The van der Waals surface area contributed by atoms with Crippen LogP contribution in [0.1, 0.15) is 74.9 Å². The Morgan fingerprint density at radius 1 is 1.24 bits per heavy atom. The summed E-state index contributed by atoms with van der Waals surface area (Å²) in [5, 5.41) is 40.9. The minimum Gasteiger partial charge on any atom is -0.508 e. The van der Waals surface area contributed by atoms with Crippen molar-refractivity contribution in [1.29, 1.82) is 0 Å². The summed E-state index contributed by atoms with van der Waals surface area (Å²) in [6, 6.07) is 0.0704. The number of benzene rings is 1. The van der Waals surface area contributed by atoms with Crippen LogP contribution in [0, 0.1) is 22.7 Å². The smallest absolute Gasteiger partial charge is 0.328 e. The molecule has 8 nitrogen and oxygen atoms in total. The zero-order chi connectivity index (χ0) is 24.8. The van der Waals surface area contributed by atoms with Gasteiger partial charge in [0.25, 0.3) is 5.91 Å². The number of carbonyl (C=O) groups excluding carboxylic acids is 1. The van der Waals surface area contributed by atoms with E-state index in [1.54, 1.807) is 0 Å². The van der Waals surface area contributed by atoms with Crippen molar-refractivity contribution in [2.75, 3.05) is 6.61 Å². The van der Waals surface area contributed by atoms with Crippen molar-refractivity contribution in [3.8, 4) is 11.5 Å². The Labute approximate surface area is 199 Å². The van der Waals surface area contributed by atoms with Crippen LogP contribution < -0.4 is 4.74 Å². The standard InChI is InChI=1S/C26H35NO7/c1-13-5-6-19-24(2,3)20(30)7-8-25(19,4)26(13)10-15-18(29)9-14-16(21(15)34-26)11-27(22(14)31)17(12-28)23(32)33/h9,13,17,19-20,28-30H,5-8,10-12H2,1-4H3,(H,32,33)/t13-,17-,19-,20-,25+,26-/m0/s1. The Morgan fingerprint density at radius 3 is 2.59 bits per heavy atom. The molecule has 34 heavy (non-hydrogen) atoms. The number of phenolic OH excluding ortho intramolecular Hbond substituents is 1. The van der Waals surface area contributed by atoms with Crippen molar-refractivity contribution in [2.45, 2.75) is 84.1 Å². The minimum atomic E-state index is -1.36. The number of phenols is 1. The molecule has 1 aromatic carbocycles. The van der Waals surface area contributed by atoms with Crippen LogP contribution in [0.25, 0.3) is 0 Å². The second-order valence-electron chi connectivity index (χ2n) is 11.7. The summed E-state index contributed by atoms with van der Waals surface area (Å²) in [6.07, 6.45) is 3.55. The Balaban J connectivity index is 1.59. The first-order valence-electron chi connectivity index (χ1n) is 12.3. The van der Waals surface area contributed by atoms with Crippen molar-refractivity contribution < 1.29 is 34.8 Å². The van der Waals surface area contributed by atoms with Gasteiger partial charge < -0.3 is 30.1 Å². The molecule has 0 unspecified atom stereocenters. The van der Waals surface area contributed by atoms with Gasteiger partial charge in [-0.3, -0.25) is 4.79 Å². The highest BCUT2D eigenvalue weighted by Crippen LogP contribution is 2.67. The second kappa shape index (κ2) is 7.34. The fraction of sp³-hybridized carbons (Fsp3) is 0.692. The molecule has 1 amide bonds. The Kier molecular flexibility index (Phi) is 5.06. The number of aliphatic hydroxyl groups excluding tert-OH is 2. The highest BCUT2D eigenvalue weighted by atomic mass is 16.5. The Hall–Kier alpha value is -2.32. The number of aromatic hydroxyl groups is 1. The van der Waals surface area contributed by atoms with E-state index in [0.717, 1.165) is 24.2 Å². The van der Waals surface area contributed by atoms with Gasteiger partial charge in [0.05, 0.1) is 24.8 Å². The Bertz CT molecular complexity index is 1070. The average molecular weight is 474 g/mol. The number of hydrogen-bond donors (Lipinski definition) is 4. The van der Waals surface area contributed by atoms with Crippen LogP contribution in [-0.2, 0) is 17.8 Å². The fourth-order valence-corrected chi connectivity index (χ4v) is 7.85. The third kappa shape index (κ3) is 2.78. The first kappa shape index (κ1) is 23.4. The lowest BCUT2D eigenvalue weighted by atomic mass is 9.43. The van der Waals surface area contributed by atoms with E-state index < -0.39 is 30.1 Å². The number of hydrogen-bond acceptors (Lipinski definition) is 6. The number of carboxylic acid groups (broad SMARTS) is 1. The van der Waals surface area contributed by atoms with E-state index in [1.165, 1.54) is 6.07 Å². The Morgan fingerprint density at radius 2 is 1.94 bits per heavy atom. The number of rotatable bonds is 3. The molecule has 2 aliphatic carbocycles. The van der Waals surface area contributed by atoms with Gasteiger partial charge >= 0.3 is 5.97 Å². The lowest BCUT2D eigenvalue weighted by molar-refractivity contribution is -0.210. The number of carboxylic acids is 1. The van der Waals surface area contributed by atoms with E-state index >= 15 is 0 Å². The van der Waals surface area contributed by atoms with Crippen LogP contribution in [0.2, 0.25) is 0 Å². The molecule has 2 aliphatic heterocycles. The van der Waals surface area contributed by atoms with E-state index in [0.29, 0.717) is 29.7 Å². The van der Waals surface area contributed by atoms with Gasteiger partial charge in [0.15, 0.2) is 6.04 Å². The quantitative estimate of drug-likeness (QED) is 0.531. The molecule has 5 rings (SSSR count). The number of aliphatic carboxylic acids is 1. The van der Waals surface area contributed by atoms with E-state index in [-0.39, 0.29) is 46.6 Å². The number of fused-ring (bicyclic) bond motifs is 5. The van der Waals surface area contributed by atoms with E-state index in [9.17, 15) is 30.0 Å². The number of aliphatic hydroxyl groups is 2. The molecule has 186 valence electrons. The molecule has 0 saturated heterocycles. The molecule has 6 atom stereocenters. The molecule has 1 aromatic rings. The average Bonchev–Trinajstić information content (AvgIpc) is 3.32. The summed E-state index contributed by atoms with van der Waals surface area (Å²) in [5.41, 5.74) is 0.372. The normalized spacial score (nSPS) is 36.6. The maximum Gasteiger partial charge on any atom is 0.328 e. The molecule has 0 aromatic heterocycles. The number of amides is 1. The van der Waals surface area contributed by atoms with Gasteiger partial charge in [-0.2, -0.15) is 0 Å². The molecule has 0 bridgehead atoms. The lowest BCUT2D eigenvalue weighted by Gasteiger charge is -2.64. The molecule has 4 aliphatic rings. The molecule has 2 saturated carbocycles. The van der Waals surface area contributed by atoms with Crippen molar-refractivity contribution in [2.24, 2.45) is 22.7 Å². The fourth-order valence-electron chi connectivity index (χ4n) is 7.85. The van der Waals surface area contributed by atoms with Crippen LogP contribution in [0.3, 0.4) is 0 Å². The topological polar surface area (TPSA) is 128 Å². The molecule has 2 fully saturated rings. The second-order valence-corrected chi connectivity index (χ2v) is 11.7. The molecular weight excluding hydrogens is 438 g/mol. The van der Waals surface area contributed by atoms with Gasteiger partial charge in [-0.1, -0.05) is 27.7 Å². The number of carbonyl (C=O) groups is 2. The molecule has 4 N–H and O–H groups in total. The first-order chi connectivity index (χ1) is 15.9. The lowest BCUT2D eigenvalue weighted by Crippen LogP contribution is -2.66. The summed E-state index contributed by atoms with van der Waals surface area (Å²) in [7, 11) is 0. The summed E-state index contributed by atoms with van der Waals surface area (Å²) in [4.78, 5) is 25.8. The maximum atomic E-state index is 13.1. The largest absolute Gasteiger partial charge is 0.508 e. The summed E-state index contributed by atoms with van der Waals surface area (Å²) >= 11 is 0. The van der Waals surface area contributed by atoms with Gasteiger partial charge in [-0.05, 0) is 49.0 Å². The van der Waals surface area contributed by atoms with E-state index in [2.05, 4.69) is 27.7 Å². The predicted molar refractivity (Wildman–Crippen MR) is 123 cm³/mol. The monoisotopic (exact) mass is 473 g/mol. The zero-order valence-electron chi connectivity index (χ0n) is 20.3. The van der Waals surface area contributed by atoms with Crippen LogP contribution in [0.15, 0.2) is 6.07 Å². The summed E-state index contributed by atoms with van der Waals surface area (Å²) in [6.45, 7) is 8.04. The van der Waals surface area contributed by atoms with E-state index in [1.807, 2.05) is 0 Å². The highest BCUT2D eigenvalue weighted by molar-refractivity contribution is 6.02. The molecule has 1 spiro atoms. The number of nitrogens with zero attached hydrogens (tertiary/aromatic N) is 1. The van der Waals surface area contributed by atoms with Crippen LogP contribution in [-0.4, -0.2) is 61.6 Å². The molecule has 2 heterocycles. The maximum absolute atomic E-state index is 13.1. The van der Waals surface area contributed by atoms with Gasteiger partial charge in [0.1, 0.15) is 17.1 Å². The van der Waals surface area contributed by atoms with E-state index in [4.69, 9.17) is 4.74 Å². The van der Waals surface area contributed by atoms with Crippen molar-refractivity contribution in [1.82, 2.24) is 4.90 Å². The van der Waals surface area contributed by atoms with Crippen LogP contribution in [0.5, 0.6) is 11.5 Å². The van der Waals surface area contributed by atoms with Crippen molar-refractivity contribution in [3.05, 3.63) is 22.8 Å². The van der Waals surface area contributed by atoms with Crippen LogP contribution in [0.4, 0.5) is 0 Å². The third-order valence-corrected chi connectivity index (χ3v) is 9.96.